The lowest BCUT2D eigenvalue weighted by molar-refractivity contribution is 0.210. The van der Waals surface area contributed by atoms with E-state index in [1.165, 1.54) is 38.5 Å². The molecule has 1 heterocycles. The number of halogens is 1. The predicted octanol–water partition coefficient (Wildman–Crippen LogP) is 5.49. The molecule has 0 saturated carbocycles. The normalized spacial score (nSPS) is 20.5. The van der Waals surface area contributed by atoms with E-state index in [1.54, 1.807) is 6.08 Å². The van der Waals surface area contributed by atoms with E-state index in [4.69, 9.17) is 4.74 Å². The monoisotopic (exact) mass is 240 g/mol. The van der Waals surface area contributed by atoms with E-state index >= 15 is 0 Å². The molecule has 1 aliphatic rings. The summed E-state index contributed by atoms with van der Waals surface area (Å²) < 4.78 is 18.1. The van der Waals surface area contributed by atoms with E-state index in [2.05, 4.69) is 6.92 Å². The van der Waals surface area contributed by atoms with Crippen molar-refractivity contribution in [3.05, 3.63) is 23.9 Å². The van der Waals surface area contributed by atoms with Crippen LogP contribution in [-0.4, -0.2) is 0 Å². The van der Waals surface area contributed by atoms with Gasteiger partial charge >= 0.3 is 0 Å². The van der Waals surface area contributed by atoms with Gasteiger partial charge in [0.25, 0.3) is 6.01 Å². The average Bonchev–Trinajstić information content (AvgIpc) is 2.50. The Morgan fingerprint density at radius 3 is 2.41 bits per heavy atom. The molecule has 0 aromatic carbocycles. The molecule has 0 radical (unpaired) electrons. The molecule has 0 saturated heterocycles. The van der Waals surface area contributed by atoms with Crippen LogP contribution in [0.4, 0.5) is 4.39 Å². The molecule has 0 N–H and O–H groups in total. The highest BCUT2D eigenvalue weighted by Crippen LogP contribution is 2.38. The molecule has 0 amide bonds. The second kappa shape index (κ2) is 6.83. The first-order valence-corrected chi connectivity index (χ1v) is 6.83. The van der Waals surface area contributed by atoms with Crippen molar-refractivity contribution in [2.45, 2.75) is 65.7 Å². The Morgan fingerprint density at radius 2 is 1.82 bits per heavy atom. The van der Waals surface area contributed by atoms with E-state index in [1.807, 2.05) is 19.9 Å². The summed E-state index contributed by atoms with van der Waals surface area (Å²) in [6.45, 7) is 6.19. The summed E-state index contributed by atoms with van der Waals surface area (Å²) >= 11 is 0. The van der Waals surface area contributed by atoms with Crippen LogP contribution in [0.5, 0.6) is 0 Å². The number of hydrogen-bond acceptors (Lipinski definition) is 1. The molecule has 1 rings (SSSR count). The highest BCUT2D eigenvalue weighted by molar-refractivity contribution is 5.21. The first kappa shape index (κ1) is 14.3. The maximum atomic E-state index is 13.0. The van der Waals surface area contributed by atoms with Crippen LogP contribution in [0, 0.1) is 5.41 Å². The largest absolute Gasteiger partial charge is 0.436 e. The lowest BCUT2D eigenvalue weighted by Gasteiger charge is -2.15. The maximum Gasteiger partial charge on any atom is 0.274 e. The van der Waals surface area contributed by atoms with Gasteiger partial charge in [0.1, 0.15) is 5.76 Å². The van der Waals surface area contributed by atoms with Crippen LogP contribution < -0.4 is 0 Å². The number of ether oxygens (including phenoxy) is 1. The van der Waals surface area contributed by atoms with Crippen LogP contribution in [0.1, 0.15) is 65.7 Å². The number of allylic oxidation sites excluding steroid dienone is 2. The van der Waals surface area contributed by atoms with Gasteiger partial charge in [-0.3, -0.25) is 0 Å². The molecular formula is C15H25FO. The third-order valence-corrected chi connectivity index (χ3v) is 3.20. The van der Waals surface area contributed by atoms with Gasteiger partial charge in [-0.25, -0.2) is 0 Å². The maximum absolute atomic E-state index is 13.0. The molecule has 0 atom stereocenters. The number of unbranched alkanes of at least 4 members (excludes halogenated alkanes) is 6. The Balaban J connectivity index is 2.18. The van der Waals surface area contributed by atoms with Crippen LogP contribution in [0.25, 0.3) is 0 Å². The topological polar surface area (TPSA) is 9.23 Å². The van der Waals surface area contributed by atoms with Crippen molar-refractivity contribution in [3.63, 3.8) is 0 Å². The molecule has 0 unspecified atom stereocenters. The van der Waals surface area contributed by atoms with Gasteiger partial charge in [0.2, 0.25) is 0 Å². The van der Waals surface area contributed by atoms with Crippen LogP contribution in [0.3, 0.4) is 0 Å². The molecule has 1 nitrogen and oxygen atoms in total. The SMILES string of the molecule is CCCCCCCC/C=C1\OC(F)=CC1(C)C. The van der Waals surface area contributed by atoms with Crippen molar-refractivity contribution < 1.29 is 9.13 Å². The summed E-state index contributed by atoms with van der Waals surface area (Å²) in [7, 11) is 0. The summed E-state index contributed by atoms with van der Waals surface area (Å²) in [5.41, 5.74) is -0.272. The Bertz CT molecular complexity index is 289. The van der Waals surface area contributed by atoms with Gasteiger partial charge in [-0.1, -0.05) is 39.0 Å². The number of hydrogen-bond donors (Lipinski definition) is 0. The van der Waals surface area contributed by atoms with Crippen molar-refractivity contribution in [1.29, 1.82) is 0 Å². The summed E-state index contributed by atoms with van der Waals surface area (Å²) in [6.07, 6.45) is 12.3. The van der Waals surface area contributed by atoms with Crippen LogP contribution in [0.15, 0.2) is 23.9 Å². The molecule has 0 aromatic heterocycles. The quantitative estimate of drug-likeness (QED) is 0.535. The second-order valence-electron chi connectivity index (χ2n) is 5.40. The third-order valence-electron chi connectivity index (χ3n) is 3.20. The Hall–Kier alpha value is -0.790. The Morgan fingerprint density at radius 1 is 1.18 bits per heavy atom. The standard InChI is InChI=1S/C15H25FO/c1-4-5-6-7-8-9-10-11-13-15(2,3)12-14(16)17-13/h11-12H,4-10H2,1-3H3/b13-11-. The van der Waals surface area contributed by atoms with Gasteiger partial charge in [-0.15, -0.1) is 0 Å². The fourth-order valence-electron chi connectivity index (χ4n) is 2.08. The van der Waals surface area contributed by atoms with Gasteiger partial charge in [0, 0.05) is 11.5 Å². The summed E-state index contributed by atoms with van der Waals surface area (Å²) in [5, 5.41) is 0. The highest BCUT2D eigenvalue weighted by Gasteiger charge is 2.30. The fraction of sp³-hybridized carbons (Fsp3) is 0.733. The summed E-state index contributed by atoms with van der Waals surface area (Å²) in [6, 6.07) is -0.454. The van der Waals surface area contributed by atoms with E-state index in [9.17, 15) is 4.39 Å². The molecule has 0 fully saturated rings. The van der Waals surface area contributed by atoms with Crippen molar-refractivity contribution in [2.24, 2.45) is 5.41 Å². The van der Waals surface area contributed by atoms with Crippen molar-refractivity contribution in [3.8, 4) is 0 Å². The van der Waals surface area contributed by atoms with E-state index in [0.29, 0.717) is 0 Å². The summed E-state index contributed by atoms with van der Waals surface area (Å²) in [4.78, 5) is 0. The second-order valence-corrected chi connectivity index (χ2v) is 5.40. The smallest absolute Gasteiger partial charge is 0.274 e. The lowest BCUT2D eigenvalue weighted by Crippen LogP contribution is -2.07. The van der Waals surface area contributed by atoms with E-state index in [-0.39, 0.29) is 5.41 Å². The van der Waals surface area contributed by atoms with Crippen LogP contribution in [0.2, 0.25) is 0 Å². The van der Waals surface area contributed by atoms with Crippen molar-refractivity contribution in [1.82, 2.24) is 0 Å². The zero-order chi connectivity index (χ0) is 12.7. The minimum absolute atomic E-state index is 0.272. The lowest BCUT2D eigenvalue weighted by atomic mass is 9.91. The minimum atomic E-state index is -0.454. The van der Waals surface area contributed by atoms with Crippen LogP contribution in [-0.2, 0) is 4.74 Å². The van der Waals surface area contributed by atoms with Gasteiger partial charge in [-0.2, -0.15) is 4.39 Å². The molecular weight excluding hydrogens is 215 g/mol. The van der Waals surface area contributed by atoms with Crippen molar-refractivity contribution in [2.75, 3.05) is 0 Å². The average molecular weight is 240 g/mol. The molecule has 0 aromatic rings. The molecule has 2 heteroatoms. The van der Waals surface area contributed by atoms with Crippen LogP contribution >= 0.6 is 0 Å². The van der Waals surface area contributed by atoms with Gasteiger partial charge in [0.15, 0.2) is 0 Å². The molecule has 0 spiro atoms. The van der Waals surface area contributed by atoms with Gasteiger partial charge in [0.05, 0.1) is 0 Å². The number of rotatable bonds is 7. The molecule has 17 heavy (non-hydrogen) atoms. The predicted molar refractivity (Wildman–Crippen MR) is 70.1 cm³/mol. The first-order chi connectivity index (χ1) is 8.06. The van der Waals surface area contributed by atoms with Gasteiger partial charge < -0.3 is 4.74 Å². The van der Waals surface area contributed by atoms with Gasteiger partial charge in [-0.05, 0) is 32.8 Å². The Labute approximate surface area is 105 Å². The van der Waals surface area contributed by atoms with E-state index in [0.717, 1.165) is 12.2 Å². The molecule has 0 bridgehead atoms. The van der Waals surface area contributed by atoms with Crippen molar-refractivity contribution >= 4 is 0 Å². The molecule has 1 aliphatic heterocycles. The van der Waals surface area contributed by atoms with E-state index < -0.39 is 6.01 Å². The molecule has 98 valence electrons. The zero-order valence-electron chi connectivity index (χ0n) is 11.4. The first-order valence-electron chi connectivity index (χ1n) is 6.83. The Kier molecular flexibility index (Phi) is 5.73. The highest BCUT2D eigenvalue weighted by atomic mass is 19.1. The fourth-order valence-corrected chi connectivity index (χ4v) is 2.08. The zero-order valence-corrected chi connectivity index (χ0v) is 11.4. The summed E-state index contributed by atoms with van der Waals surface area (Å²) in [5.74, 6) is 0.767. The molecule has 0 aliphatic carbocycles. The third kappa shape index (κ3) is 4.93. The minimum Gasteiger partial charge on any atom is -0.436 e.